The van der Waals surface area contributed by atoms with Crippen molar-refractivity contribution in [3.63, 3.8) is 0 Å². The molecule has 0 saturated carbocycles. The van der Waals surface area contributed by atoms with Crippen LogP contribution in [0.5, 0.6) is 5.75 Å². The van der Waals surface area contributed by atoms with Gasteiger partial charge in [-0.05, 0) is 42.7 Å². The number of hydrogen-bond acceptors (Lipinski definition) is 2. The number of aryl methyl sites for hydroxylation is 2. The number of rotatable bonds is 4. The van der Waals surface area contributed by atoms with Crippen molar-refractivity contribution in [2.75, 3.05) is 6.61 Å². The molecular formula is C16H17ClO2. The van der Waals surface area contributed by atoms with Gasteiger partial charge in [-0.2, -0.15) is 0 Å². The van der Waals surface area contributed by atoms with Gasteiger partial charge in [0.2, 0.25) is 0 Å². The molecule has 0 spiro atoms. The molecule has 19 heavy (non-hydrogen) atoms. The van der Waals surface area contributed by atoms with Crippen LogP contribution in [0.3, 0.4) is 0 Å². The third-order valence-corrected chi connectivity index (χ3v) is 3.60. The zero-order chi connectivity index (χ0) is 13.8. The standard InChI is InChI=1S/C16H17ClO2/c1-11-8-14(9-12(2)16(11)17)19-10-15(18)13-6-4-3-5-7-13/h3-9,15,18H,10H2,1-2H3. The maximum Gasteiger partial charge on any atom is 0.120 e. The van der Waals surface area contributed by atoms with E-state index in [1.165, 1.54) is 0 Å². The van der Waals surface area contributed by atoms with Gasteiger partial charge in [0.05, 0.1) is 0 Å². The lowest BCUT2D eigenvalue weighted by Gasteiger charge is -2.14. The fourth-order valence-electron chi connectivity index (χ4n) is 1.94. The van der Waals surface area contributed by atoms with Crippen LogP contribution in [0.4, 0.5) is 0 Å². The summed E-state index contributed by atoms with van der Waals surface area (Å²) < 4.78 is 5.63. The van der Waals surface area contributed by atoms with E-state index in [-0.39, 0.29) is 6.61 Å². The van der Waals surface area contributed by atoms with Gasteiger partial charge < -0.3 is 9.84 Å². The summed E-state index contributed by atoms with van der Waals surface area (Å²) in [5, 5.41) is 10.8. The summed E-state index contributed by atoms with van der Waals surface area (Å²) in [4.78, 5) is 0. The molecule has 0 fully saturated rings. The molecule has 2 aromatic rings. The third-order valence-electron chi connectivity index (χ3n) is 3.00. The van der Waals surface area contributed by atoms with Crippen LogP contribution in [0.15, 0.2) is 42.5 Å². The van der Waals surface area contributed by atoms with Gasteiger partial charge in [-0.25, -0.2) is 0 Å². The Bertz CT molecular complexity index is 529. The number of benzene rings is 2. The Morgan fingerprint density at radius 3 is 2.26 bits per heavy atom. The van der Waals surface area contributed by atoms with Gasteiger partial charge in [-0.1, -0.05) is 41.9 Å². The minimum absolute atomic E-state index is 0.227. The fourth-order valence-corrected chi connectivity index (χ4v) is 2.05. The highest BCUT2D eigenvalue weighted by Gasteiger charge is 2.09. The van der Waals surface area contributed by atoms with Crippen LogP contribution in [-0.2, 0) is 0 Å². The maximum atomic E-state index is 10.0. The molecule has 0 aliphatic rings. The van der Waals surface area contributed by atoms with Crippen LogP contribution >= 0.6 is 11.6 Å². The molecule has 0 aliphatic heterocycles. The molecule has 2 nitrogen and oxygen atoms in total. The number of halogens is 1. The minimum Gasteiger partial charge on any atom is -0.491 e. The van der Waals surface area contributed by atoms with E-state index in [0.717, 1.165) is 27.5 Å². The molecule has 1 N–H and O–H groups in total. The van der Waals surface area contributed by atoms with Crippen molar-refractivity contribution in [2.24, 2.45) is 0 Å². The first kappa shape index (κ1) is 13.9. The van der Waals surface area contributed by atoms with E-state index in [9.17, 15) is 5.11 Å². The van der Waals surface area contributed by atoms with Gasteiger partial charge in [-0.3, -0.25) is 0 Å². The van der Waals surface area contributed by atoms with E-state index in [4.69, 9.17) is 16.3 Å². The van der Waals surface area contributed by atoms with Crippen molar-refractivity contribution in [3.8, 4) is 5.75 Å². The van der Waals surface area contributed by atoms with Crippen LogP contribution in [0.1, 0.15) is 22.8 Å². The molecular weight excluding hydrogens is 260 g/mol. The number of hydrogen-bond donors (Lipinski definition) is 1. The lowest BCUT2D eigenvalue weighted by Crippen LogP contribution is -2.09. The average molecular weight is 277 g/mol. The zero-order valence-electron chi connectivity index (χ0n) is 11.1. The molecule has 1 unspecified atom stereocenters. The van der Waals surface area contributed by atoms with Gasteiger partial charge in [0.1, 0.15) is 18.5 Å². The summed E-state index contributed by atoms with van der Waals surface area (Å²) in [6, 6.07) is 13.2. The topological polar surface area (TPSA) is 29.5 Å². The summed E-state index contributed by atoms with van der Waals surface area (Å²) in [5.41, 5.74) is 2.81. The van der Waals surface area contributed by atoms with E-state index in [0.29, 0.717) is 0 Å². The predicted octanol–water partition coefficient (Wildman–Crippen LogP) is 4.07. The first-order chi connectivity index (χ1) is 9.08. The van der Waals surface area contributed by atoms with Crippen molar-refractivity contribution in [1.29, 1.82) is 0 Å². The molecule has 0 aromatic heterocycles. The van der Waals surface area contributed by atoms with Gasteiger partial charge in [-0.15, -0.1) is 0 Å². The van der Waals surface area contributed by atoms with Crippen LogP contribution in [0.25, 0.3) is 0 Å². The van der Waals surface area contributed by atoms with Crippen molar-refractivity contribution in [1.82, 2.24) is 0 Å². The van der Waals surface area contributed by atoms with Crippen molar-refractivity contribution in [2.45, 2.75) is 20.0 Å². The van der Waals surface area contributed by atoms with Crippen molar-refractivity contribution < 1.29 is 9.84 Å². The Kier molecular flexibility index (Phi) is 4.46. The highest BCUT2D eigenvalue weighted by Crippen LogP contribution is 2.26. The first-order valence-corrected chi connectivity index (χ1v) is 6.58. The summed E-state index contributed by atoms with van der Waals surface area (Å²) in [5.74, 6) is 0.731. The zero-order valence-corrected chi connectivity index (χ0v) is 11.8. The lowest BCUT2D eigenvalue weighted by molar-refractivity contribution is 0.108. The van der Waals surface area contributed by atoms with Crippen molar-refractivity contribution in [3.05, 3.63) is 64.2 Å². The summed E-state index contributed by atoms with van der Waals surface area (Å²) in [7, 11) is 0. The molecule has 0 radical (unpaired) electrons. The SMILES string of the molecule is Cc1cc(OCC(O)c2ccccc2)cc(C)c1Cl. The molecule has 0 amide bonds. The van der Waals surface area contributed by atoms with E-state index < -0.39 is 6.10 Å². The minimum atomic E-state index is -0.627. The smallest absolute Gasteiger partial charge is 0.120 e. The monoisotopic (exact) mass is 276 g/mol. The van der Waals surface area contributed by atoms with Crippen molar-refractivity contribution >= 4 is 11.6 Å². The highest BCUT2D eigenvalue weighted by atomic mass is 35.5. The molecule has 2 rings (SSSR count). The predicted molar refractivity (Wildman–Crippen MR) is 77.8 cm³/mol. The fraction of sp³-hybridized carbons (Fsp3) is 0.250. The second-order valence-corrected chi connectivity index (χ2v) is 4.99. The molecule has 2 aromatic carbocycles. The van der Waals surface area contributed by atoms with Crippen LogP contribution in [-0.4, -0.2) is 11.7 Å². The Hall–Kier alpha value is -1.51. The van der Waals surface area contributed by atoms with Crippen LogP contribution in [0, 0.1) is 13.8 Å². The highest BCUT2D eigenvalue weighted by molar-refractivity contribution is 6.32. The lowest BCUT2D eigenvalue weighted by atomic mass is 10.1. The van der Waals surface area contributed by atoms with Gasteiger partial charge in [0, 0.05) is 5.02 Å². The Labute approximate surface area is 118 Å². The molecule has 3 heteroatoms. The molecule has 0 saturated heterocycles. The Morgan fingerprint density at radius 1 is 1.11 bits per heavy atom. The summed E-state index contributed by atoms with van der Waals surface area (Å²) >= 11 is 6.10. The van der Waals surface area contributed by atoms with E-state index in [2.05, 4.69) is 0 Å². The van der Waals surface area contributed by atoms with E-state index >= 15 is 0 Å². The van der Waals surface area contributed by atoms with E-state index in [1.54, 1.807) is 0 Å². The summed E-state index contributed by atoms with van der Waals surface area (Å²) in [6.45, 7) is 4.11. The summed E-state index contributed by atoms with van der Waals surface area (Å²) in [6.07, 6.45) is -0.627. The molecule has 0 bridgehead atoms. The largest absolute Gasteiger partial charge is 0.491 e. The van der Waals surface area contributed by atoms with Crippen LogP contribution in [0.2, 0.25) is 5.02 Å². The number of ether oxygens (including phenoxy) is 1. The number of aliphatic hydroxyl groups is 1. The van der Waals surface area contributed by atoms with Gasteiger partial charge >= 0.3 is 0 Å². The van der Waals surface area contributed by atoms with Gasteiger partial charge in [0.15, 0.2) is 0 Å². The number of aliphatic hydroxyl groups excluding tert-OH is 1. The van der Waals surface area contributed by atoms with E-state index in [1.807, 2.05) is 56.3 Å². The molecule has 0 heterocycles. The quantitative estimate of drug-likeness (QED) is 0.912. The first-order valence-electron chi connectivity index (χ1n) is 6.20. The molecule has 100 valence electrons. The molecule has 0 aliphatic carbocycles. The van der Waals surface area contributed by atoms with Crippen LogP contribution < -0.4 is 4.74 Å². The Morgan fingerprint density at radius 2 is 1.68 bits per heavy atom. The molecule has 1 atom stereocenters. The maximum absolute atomic E-state index is 10.0. The Balaban J connectivity index is 2.03. The second kappa shape index (κ2) is 6.09. The normalized spacial score (nSPS) is 12.2. The second-order valence-electron chi connectivity index (χ2n) is 4.61. The third kappa shape index (κ3) is 3.49. The average Bonchev–Trinajstić information content (AvgIpc) is 2.43. The van der Waals surface area contributed by atoms with Gasteiger partial charge in [0.25, 0.3) is 0 Å².